The molecule has 3 heteroatoms. The predicted octanol–water partition coefficient (Wildman–Crippen LogP) is 2.30. The summed E-state index contributed by atoms with van der Waals surface area (Å²) in [6.07, 6.45) is 4.03. The molecule has 0 bridgehead atoms. The first kappa shape index (κ1) is 12.0. The van der Waals surface area contributed by atoms with Gasteiger partial charge in [-0.25, -0.2) is 0 Å². The highest BCUT2D eigenvalue weighted by atomic mass is 15.3. The molecule has 0 saturated carbocycles. The van der Waals surface area contributed by atoms with Crippen molar-refractivity contribution in [2.75, 3.05) is 6.54 Å². The first-order chi connectivity index (χ1) is 7.13. The van der Waals surface area contributed by atoms with Crippen molar-refractivity contribution in [2.24, 2.45) is 0 Å². The third kappa shape index (κ3) is 3.88. The number of rotatable bonds is 5. The van der Waals surface area contributed by atoms with Gasteiger partial charge in [-0.1, -0.05) is 19.4 Å². The fourth-order valence-electron chi connectivity index (χ4n) is 1.40. The van der Waals surface area contributed by atoms with Crippen LogP contribution in [0.15, 0.2) is 17.8 Å². The van der Waals surface area contributed by atoms with Crippen LogP contribution in [0.5, 0.6) is 0 Å². The number of aryl methyl sites for hydroxylation is 1. The Labute approximate surface area is 92.2 Å². The molecule has 0 spiro atoms. The Bertz CT molecular complexity index is 323. The first-order valence-electron chi connectivity index (χ1n) is 5.55. The third-order valence-electron chi connectivity index (χ3n) is 2.23. The van der Waals surface area contributed by atoms with E-state index in [0.29, 0.717) is 6.04 Å². The molecule has 0 aliphatic heterocycles. The quantitative estimate of drug-likeness (QED) is 0.803. The Morgan fingerprint density at radius 3 is 2.93 bits per heavy atom. The highest BCUT2D eigenvalue weighted by Gasteiger charge is 1.98. The topological polar surface area (TPSA) is 29.9 Å². The Morgan fingerprint density at radius 2 is 2.33 bits per heavy atom. The normalized spacial score (nSPS) is 12.5. The van der Waals surface area contributed by atoms with Gasteiger partial charge < -0.3 is 5.32 Å². The summed E-state index contributed by atoms with van der Waals surface area (Å²) in [7, 11) is 0. The molecular weight excluding hydrogens is 186 g/mol. The fraction of sp³-hybridized carbons (Fsp3) is 0.583. The van der Waals surface area contributed by atoms with Gasteiger partial charge in [0.1, 0.15) is 0 Å². The van der Waals surface area contributed by atoms with Crippen molar-refractivity contribution in [3.05, 3.63) is 23.5 Å². The Balaban J connectivity index is 2.61. The first-order valence-corrected chi connectivity index (χ1v) is 5.55. The Kier molecular flexibility index (Phi) is 4.56. The molecule has 1 aromatic rings. The van der Waals surface area contributed by atoms with Gasteiger partial charge in [-0.05, 0) is 26.0 Å². The summed E-state index contributed by atoms with van der Waals surface area (Å²) in [6.45, 7) is 10.4. The molecule has 84 valence electrons. The lowest BCUT2D eigenvalue weighted by Crippen LogP contribution is -2.24. The molecule has 0 amide bonds. The molecule has 0 radical (unpaired) electrons. The van der Waals surface area contributed by atoms with Crippen LogP contribution in [0, 0.1) is 0 Å². The molecule has 3 nitrogen and oxygen atoms in total. The van der Waals surface area contributed by atoms with Crippen LogP contribution < -0.4 is 5.32 Å². The van der Waals surface area contributed by atoms with E-state index in [-0.39, 0.29) is 0 Å². The lowest BCUT2D eigenvalue weighted by atomic mass is 10.2. The van der Waals surface area contributed by atoms with E-state index in [1.54, 1.807) is 0 Å². The number of hydrogen-bond acceptors (Lipinski definition) is 2. The summed E-state index contributed by atoms with van der Waals surface area (Å²) in [5.74, 6) is 0. The van der Waals surface area contributed by atoms with Crippen LogP contribution in [0.2, 0.25) is 0 Å². The van der Waals surface area contributed by atoms with Crippen molar-refractivity contribution in [1.29, 1.82) is 0 Å². The highest BCUT2D eigenvalue weighted by Crippen LogP contribution is 2.05. The van der Waals surface area contributed by atoms with E-state index in [1.807, 2.05) is 16.9 Å². The molecule has 0 aliphatic rings. The fourth-order valence-corrected chi connectivity index (χ4v) is 1.40. The SMILES string of the molecule is CCn1nccc1/C=C(/C)CNC(C)C. The van der Waals surface area contributed by atoms with Crippen LogP contribution in [0.3, 0.4) is 0 Å². The van der Waals surface area contributed by atoms with Gasteiger partial charge in [-0.2, -0.15) is 5.10 Å². The van der Waals surface area contributed by atoms with E-state index in [9.17, 15) is 0 Å². The average Bonchev–Trinajstić information content (AvgIpc) is 2.62. The second-order valence-corrected chi connectivity index (χ2v) is 4.10. The minimum absolute atomic E-state index is 0.532. The number of nitrogens with zero attached hydrogens (tertiary/aromatic N) is 2. The van der Waals surface area contributed by atoms with E-state index >= 15 is 0 Å². The van der Waals surface area contributed by atoms with Crippen molar-refractivity contribution >= 4 is 6.08 Å². The molecule has 0 atom stereocenters. The lowest BCUT2D eigenvalue weighted by Gasteiger charge is -2.08. The standard InChI is InChI=1S/C12H21N3/c1-5-15-12(6-7-14-15)8-11(4)9-13-10(2)3/h6-8,10,13H,5,9H2,1-4H3/b11-8-. The molecule has 1 rings (SSSR count). The van der Waals surface area contributed by atoms with Crippen molar-refractivity contribution in [1.82, 2.24) is 15.1 Å². The second kappa shape index (κ2) is 5.71. The van der Waals surface area contributed by atoms with E-state index in [1.165, 1.54) is 11.3 Å². The summed E-state index contributed by atoms with van der Waals surface area (Å²) in [5.41, 5.74) is 2.51. The minimum Gasteiger partial charge on any atom is -0.311 e. The van der Waals surface area contributed by atoms with Gasteiger partial charge in [0, 0.05) is 25.3 Å². The average molecular weight is 207 g/mol. The van der Waals surface area contributed by atoms with Gasteiger partial charge in [0.25, 0.3) is 0 Å². The van der Waals surface area contributed by atoms with Crippen LogP contribution in [0.4, 0.5) is 0 Å². The predicted molar refractivity (Wildman–Crippen MR) is 64.7 cm³/mol. The molecule has 0 unspecified atom stereocenters. The molecule has 1 heterocycles. The number of hydrogen-bond donors (Lipinski definition) is 1. The molecule has 0 saturated heterocycles. The largest absolute Gasteiger partial charge is 0.311 e. The van der Waals surface area contributed by atoms with Crippen molar-refractivity contribution in [3.63, 3.8) is 0 Å². The zero-order valence-corrected chi connectivity index (χ0v) is 10.1. The Hall–Kier alpha value is -1.09. The summed E-state index contributed by atoms with van der Waals surface area (Å²) >= 11 is 0. The molecular formula is C12H21N3. The second-order valence-electron chi connectivity index (χ2n) is 4.10. The van der Waals surface area contributed by atoms with Crippen molar-refractivity contribution in [3.8, 4) is 0 Å². The number of aromatic nitrogens is 2. The summed E-state index contributed by atoms with van der Waals surface area (Å²) in [5, 5.41) is 7.63. The van der Waals surface area contributed by atoms with E-state index in [4.69, 9.17) is 0 Å². The van der Waals surface area contributed by atoms with Crippen LogP contribution in [-0.4, -0.2) is 22.4 Å². The third-order valence-corrected chi connectivity index (χ3v) is 2.23. The maximum absolute atomic E-state index is 4.23. The van der Waals surface area contributed by atoms with Crippen LogP contribution in [0.1, 0.15) is 33.4 Å². The lowest BCUT2D eigenvalue weighted by molar-refractivity contribution is 0.621. The van der Waals surface area contributed by atoms with Gasteiger partial charge in [0.2, 0.25) is 0 Å². The van der Waals surface area contributed by atoms with Gasteiger partial charge in [0.15, 0.2) is 0 Å². The van der Waals surface area contributed by atoms with Gasteiger partial charge in [0.05, 0.1) is 5.69 Å². The zero-order valence-electron chi connectivity index (χ0n) is 10.1. The minimum atomic E-state index is 0.532. The summed E-state index contributed by atoms with van der Waals surface area (Å²) in [6, 6.07) is 2.58. The van der Waals surface area contributed by atoms with Crippen LogP contribution in [-0.2, 0) is 6.54 Å². The molecule has 15 heavy (non-hydrogen) atoms. The van der Waals surface area contributed by atoms with Crippen molar-refractivity contribution in [2.45, 2.75) is 40.3 Å². The van der Waals surface area contributed by atoms with E-state index in [2.05, 4.69) is 44.2 Å². The van der Waals surface area contributed by atoms with Gasteiger partial charge in [-0.3, -0.25) is 4.68 Å². The monoisotopic (exact) mass is 207 g/mol. The van der Waals surface area contributed by atoms with Gasteiger partial charge in [-0.15, -0.1) is 0 Å². The van der Waals surface area contributed by atoms with Crippen LogP contribution >= 0.6 is 0 Å². The molecule has 0 fully saturated rings. The molecule has 0 aliphatic carbocycles. The van der Waals surface area contributed by atoms with Crippen molar-refractivity contribution < 1.29 is 0 Å². The summed E-state index contributed by atoms with van der Waals surface area (Å²) < 4.78 is 2.00. The number of nitrogens with one attached hydrogen (secondary N) is 1. The zero-order chi connectivity index (χ0) is 11.3. The highest BCUT2D eigenvalue weighted by molar-refractivity contribution is 5.48. The maximum atomic E-state index is 4.23. The van der Waals surface area contributed by atoms with Crippen LogP contribution in [0.25, 0.3) is 6.08 Å². The molecule has 0 aromatic carbocycles. The smallest absolute Gasteiger partial charge is 0.0609 e. The Morgan fingerprint density at radius 1 is 1.60 bits per heavy atom. The maximum Gasteiger partial charge on any atom is 0.0609 e. The van der Waals surface area contributed by atoms with E-state index in [0.717, 1.165) is 13.1 Å². The van der Waals surface area contributed by atoms with Gasteiger partial charge >= 0.3 is 0 Å². The molecule has 1 N–H and O–H groups in total. The van der Waals surface area contributed by atoms with E-state index < -0.39 is 0 Å². The summed E-state index contributed by atoms with van der Waals surface area (Å²) in [4.78, 5) is 0. The molecule has 1 aromatic heterocycles.